The van der Waals surface area contributed by atoms with Crippen LogP contribution >= 0.6 is 0 Å². The summed E-state index contributed by atoms with van der Waals surface area (Å²) in [6.45, 7) is 14.1. The summed E-state index contributed by atoms with van der Waals surface area (Å²) in [5.74, 6) is 1.84. The number of urea groups is 1. The maximum Gasteiger partial charge on any atom is 0.315 e. The zero-order chi connectivity index (χ0) is 31.6. The molecule has 3 atom stereocenters. The molecule has 0 aromatic rings. The molecule has 0 spiro atoms. The second-order valence-electron chi connectivity index (χ2n) is 9.73. The van der Waals surface area contributed by atoms with Gasteiger partial charge in [-0.2, -0.15) is 0 Å². The van der Waals surface area contributed by atoms with Crippen LogP contribution in [0.5, 0.6) is 0 Å². The smallest absolute Gasteiger partial charge is 0.315 e. The van der Waals surface area contributed by atoms with Crippen LogP contribution in [0.25, 0.3) is 0 Å². The lowest BCUT2D eigenvalue weighted by atomic mass is 9.83. The van der Waals surface area contributed by atoms with Gasteiger partial charge in [0.2, 0.25) is 18.2 Å². The fourth-order valence-electron chi connectivity index (χ4n) is 4.55. The van der Waals surface area contributed by atoms with Gasteiger partial charge in [0.15, 0.2) is 5.78 Å². The van der Waals surface area contributed by atoms with Gasteiger partial charge in [-0.05, 0) is 44.9 Å². The quantitative estimate of drug-likeness (QED) is 0.128. The molecular weight excluding hydrogens is 522 g/mol. The highest BCUT2D eigenvalue weighted by Crippen LogP contribution is 2.29. The van der Waals surface area contributed by atoms with E-state index in [4.69, 9.17) is 6.42 Å². The van der Waals surface area contributed by atoms with E-state index in [-0.39, 0.29) is 23.5 Å². The molecular formula is C31H55N5O5. The molecule has 0 bridgehead atoms. The summed E-state index contributed by atoms with van der Waals surface area (Å²) in [6, 6.07) is -2.33. The molecule has 1 aliphatic heterocycles. The van der Waals surface area contributed by atoms with Crippen LogP contribution in [0.1, 0.15) is 98.8 Å². The minimum atomic E-state index is -0.649. The molecule has 5 amide bonds. The Kier molecular flexibility index (Phi) is 24.9. The molecule has 0 aromatic carbocycles. The third-order valence-electron chi connectivity index (χ3n) is 6.47. The van der Waals surface area contributed by atoms with Gasteiger partial charge < -0.3 is 26.2 Å². The lowest BCUT2D eigenvalue weighted by molar-refractivity contribution is -0.141. The van der Waals surface area contributed by atoms with Gasteiger partial charge in [0.1, 0.15) is 12.1 Å². The van der Waals surface area contributed by atoms with Crippen LogP contribution in [0.2, 0.25) is 0 Å². The van der Waals surface area contributed by atoms with E-state index in [1.807, 2.05) is 13.8 Å². The van der Waals surface area contributed by atoms with E-state index in [0.29, 0.717) is 45.2 Å². The summed E-state index contributed by atoms with van der Waals surface area (Å²) in [6.07, 6.45) is 15.7. The van der Waals surface area contributed by atoms with E-state index in [1.165, 1.54) is 20.4 Å². The van der Waals surface area contributed by atoms with Gasteiger partial charge in [-0.3, -0.25) is 19.2 Å². The third kappa shape index (κ3) is 16.5. The van der Waals surface area contributed by atoms with Crippen LogP contribution in [0.4, 0.5) is 4.79 Å². The van der Waals surface area contributed by atoms with Crippen molar-refractivity contribution in [2.45, 2.75) is 117 Å². The van der Waals surface area contributed by atoms with E-state index in [0.717, 1.165) is 32.1 Å². The molecule has 1 aliphatic carbocycles. The number of ketones is 1. The standard InChI is InChI=1S/C22H34N4O4.C4H7NO.C3H8.C2H6/c1-4-5-12-17(15(2)27)24-20(28)18-13-9-14-26(18)21(29)19(25-22(30)23-3)16-10-7-6-8-11-16;1-2-3-5-4-6;1-3-2;1-2/h1,16-19H,5-14H2,2-3H3,(H,24,28)(H2,23,25,30);2,4H,1,3H2,(H,5,6);3H2,1-2H3;1-2H3. The Morgan fingerprint density at radius 1 is 1.05 bits per heavy atom. The topological polar surface area (TPSA) is 137 Å². The van der Waals surface area contributed by atoms with Gasteiger partial charge in [-0.1, -0.05) is 59.5 Å². The largest absolute Gasteiger partial charge is 0.355 e. The Morgan fingerprint density at radius 2 is 1.66 bits per heavy atom. The van der Waals surface area contributed by atoms with Gasteiger partial charge >= 0.3 is 6.03 Å². The molecule has 10 nitrogen and oxygen atoms in total. The Bertz CT molecular complexity index is 812. The van der Waals surface area contributed by atoms with Crippen molar-refractivity contribution in [1.29, 1.82) is 0 Å². The van der Waals surface area contributed by atoms with E-state index in [1.54, 1.807) is 11.0 Å². The normalized spacial score (nSPS) is 17.1. The summed E-state index contributed by atoms with van der Waals surface area (Å²) in [5, 5.41) is 10.5. The average molecular weight is 578 g/mol. The number of likely N-dealkylation sites (tertiary alicyclic amines) is 1. The fraction of sp³-hybridized carbons (Fsp3) is 0.710. The number of hydrogen-bond acceptors (Lipinski definition) is 5. The van der Waals surface area contributed by atoms with Crippen LogP contribution in [0, 0.1) is 18.3 Å². The van der Waals surface area contributed by atoms with Crippen molar-refractivity contribution in [1.82, 2.24) is 26.2 Å². The first kappa shape index (κ1) is 39.8. The summed E-state index contributed by atoms with van der Waals surface area (Å²) in [7, 11) is 1.52. The fourth-order valence-corrected chi connectivity index (χ4v) is 4.55. The van der Waals surface area contributed by atoms with Crippen molar-refractivity contribution in [3.05, 3.63) is 12.7 Å². The van der Waals surface area contributed by atoms with Gasteiger partial charge in [0.05, 0.1) is 6.04 Å². The maximum absolute atomic E-state index is 13.4. The van der Waals surface area contributed by atoms with Crippen molar-refractivity contribution >= 4 is 30.0 Å². The van der Waals surface area contributed by atoms with Crippen molar-refractivity contribution in [3.63, 3.8) is 0 Å². The van der Waals surface area contributed by atoms with Gasteiger partial charge in [0, 0.05) is 26.6 Å². The molecule has 2 fully saturated rings. The molecule has 2 rings (SSSR count). The summed E-state index contributed by atoms with van der Waals surface area (Å²) < 4.78 is 0. The Labute approximate surface area is 248 Å². The van der Waals surface area contributed by atoms with Gasteiger partial charge in [0.25, 0.3) is 0 Å². The van der Waals surface area contributed by atoms with Gasteiger partial charge in [-0.15, -0.1) is 18.9 Å². The molecule has 234 valence electrons. The molecule has 1 saturated heterocycles. The molecule has 41 heavy (non-hydrogen) atoms. The molecule has 0 radical (unpaired) electrons. The highest BCUT2D eigenvalue weighted by atomic mass is 16.2. The molecule has 3 unspecified atom stereocenters. The van der Waals surface area contributed by atoms with Crippen LogP contribution < -0.4 is 21.3 Å². The van der Waals surface area contributed by atoms with Crippen LogP contribution in [-0.4, -0.2) is 73.2 Å². The number of rotatable bonds is 11. The molecule has 4 N–H and O–H groups in total. The van der Waals surface area contributed by atoms with E-state index < -0.39 is 24.2 Å². The lowest BCUT2D eigenvalue weighted by Crippen LogP contribution is -2.58. The molecule has 1 heterocycles. The van der Waals surface area contributed by atoms with Crippen molar-refractivity contribution < 1.29 is 24.0 Å². The number of Topliss-reactive ketones (excluding diaryl/α,β-unsaturated/α-hetero) is 1. The first-order chi connectivity index (χ1) is 19.7. The van der Waals surface area contributed by atoms with E-state index >= 15 is 0 Å². The minimum absolute atomic E-state index is 0.0634. The lowest BCUT2D eigenvalue weighted by Gasteiger charge is -2.34. The summed E-state index contributed by atoms with van der Waals surface area (Å²) >= 11 is 0. The second-order valence-corrected chi connectivity index (χ2v) is 9.73. The Hall–Kier alpha value is -3.35. The SMILES string of the molecule is C#CCCC(NC(=O)C1CCCN1C(=O)C(NC(=O)NC)C1CCCCC1)C(C)=O.C=CCNC=O.CC.CCC. The van der Waals surface area contributed by atoms with Gasteiger partial charge in [-0.25, -0.2) is 4.79 Å². The average Bonchev–Trinajstić information content (AvgIpc) is 3.49. The summed E-state index contributed by atoms with van der Waals surface area (Å²) in [5.41, 5.74) is 0. The Balaban J connectivity index is 0. The number of carbonyl (C=O) groups is 5. The Morgan fingerprint density at radius 3 is 2.12 bits per heavy atom. The second kappa shape index (κ2) is 25.6. The predicted molar refractivity (Wildman–Crippen MR) is 165 cm³/mol. The van der Waals surface area contributed by atoms with Crippen molar-refractivity contribution in [2.75, 3.05) is 20.1 Å². The maximum atomic E-state index is 13.4. The highest BCUT2D eigenvalue weighted by molar-refractivity contribution is 5.94. The first-order valence-corrected chi connectivity index (χ1v) is 15.0. The number of carbonyl (C=O) groups excluding carboxylic acids is 5. The summed E-state index contributed by atoms with van der Waals surface area (Å²) in [4.78, 5) is 61.2. The van der Waals surface area contributed by atoms with Crippen LogP contribution in [0.3, 0.4) is 0 Å². The van der Waals surface area contributed by atoms with Crippen LogP contribution in [0.15, 0.2) is 12.7 Å². The first-order valence-electron chi connectivity index (χ1n) is 15.0. The molecule has 1 saturated carbocycles. The minimum Gasteiger partial charge on any atom is -0.355 e. The number of nitrogens with one attached hydrogen (secondary N) is 4. The third-order valence-corrected chi connectivity index (χ3v) is 6.47. The van der Waals surface area contributed by atoms with E-state index in [2.05, 4.69) is 47.6 Å². The zero-order valence-corrected chi connectivity index (χ0v) is 26.2. The van der Waals surface area contributed by atoms with E-state index in [9.17, 15) is 24.0 Å². The molecule has 10 heteroatoms. The molecule has 0 aromatic heterocycles. The molecule has 2 aliphatic rings. The number of nitrogens with zero attached hydrogens (tertiary/aromatic N) is 1. The predicted octanol–water partition coefficient (Wildman–Crippen LogP) is 3.70. The zero-order valence-electron chi connectivity index (χ0n) is 26.2. The number of terminal acetylenes is 1. The van der Waals surface area contributed by atoms with Crippen molar-refractivity contribution in [2.24, 2.45) is 5.92 Å². The number of amides is 5. The van der Waals surface area contributed by atoms with Crippen LogP contribution in [-0.2, 0) is 19.2 Å². The highest BCUT2D eigenvalue weighted by Gasteiger charge is 2.41. The monoisotopic (exact) mass is 577 g/mol. The number of hydrogen-bond donors (Lipinski definition) is 4. The van der Waals surface area contributed by atoms with Crippen molar-refractivity contribution in [3.8, 4) is 12.3 Å².